The first-order chi connectivity index (χ1) is 17.2. The molecule has 0 saturated carbocycles. The number of nitrogens with zero attached hydrogens (tertiary/aromatic N) is 6. The van der Waals surface area contributed by atoms with Crippen molar-refractivity contribution in [3.05, 3.63) is 53.0 Å². The Bertz CT molecular complexity index is 1260. The van der Waals surface area contributed by atoms with E-state index in [-0.39, 0.29) is 36.1 Å². The molecule has 1 unspecified atom stereocenters. The molecule has 3 N–H and O–H groups in total. The molecule has 188 valence electrons. The number of hydrogen-bond donors (Lipinski definition) is 2. The second-order valence-corrected chi connectivity index (χ2v) is 9.22. The van der Waals surface area contributed by atoms with E-state index in [1.165, 1.54) is 24.2 Å². The highest BCUT2D eigenvalue weighted by molar-refractivity contribution is 8.00. The highest BCUT2D eigenvalue weighted by Crippen LogP contribution is 2.40. The minimum Gasteiger partial charge on any atom is -0.543 e. The number of carboxylic acids is 1. The van der Waals surface area contributed by atoms with Gasteiger partial charge >= 0.3 is 0 Å². The van der Waals surface area contributed by atoms with Crippen LogP contribution in [-0.4, -0.2) is 67.1 Å². The number of nitrogen functional groups attached to an aromatic ring is 1. The predicted molar refractivity (Wildman–Crippen MR) is 126 cm³/mol. The summed E-state index contributed by atoms with van der Waals surface area (Å²) in [6.07, 6.45) is 6.22. The highest BCUT2D eigenvalue weighted by Gasteiger charge is 2.53. The summed E-state index contributed by atoms with van der Waals surface area (Å²) in [6, 6.07) is -0.960. The van der Waals surface area contributed by atoms with Gasteiger partial charge in [-0.1, -0.05) is 5.16 Å². The molecule has 4 rings (SSSR count). The van der Waals surface area contributed by atoms with E-state index in [1.54, 1.807) is 19.3 Å². The molecule has 36 heavy (non-hydrogen) atoms. The van der Waals surface area contributed by atoms with Crippen molar-refractivity contribution in [1.82, 2.24) is 25.2 Å². The van der Waals surface area contributed by atoms with Gasteiger partial charge in [0, 0.05) is 29.3 Å². The first-order valence-corrected chi connectivity index (χ1v) is 12.1. The number of carbonyl (C=O) groups excluding carboxylic acids is 3. The molecule has 0 aliphatic carbocycles. The number of oxime groups is 1. The van der Waals surface area contributed by atoms with Crippen molar-refractivity contribution in [3.8, 4) is 0 Å². The third kappa shape index (κ3) is 4.98. The summed E-state index contributed by atoms with van der Waals surface area (Å²) in [7, 11) is 0. The number of carbonyl (C=O) groups is 3. The Hall–Kier alpha value is -4.07. The molecule has 0 radical (unpaired) electrons. The van der Waals surface area contributed by atoms with E-state index in [0.717, 1.165) is 16.3 Å². The number of nitrogens with two attached hydrogens (primary N) is 1. The molecular formula is C22H24N8O5S. The topological polar surface area (TPSA) is 180 Å². The summed E-state index contributed by atoms with van der Waals surface area (Å²) < 4.78 is 1.82. The van der Waals surface area contributed by atoms with Crippen molar-refractivity contribution >= 4 is 41.2 Å². The molecule has 14 heteroatoms. The van der Waals surface area contributed by atoms with Crippen LogP contribution in [0, 0.1) is 13.8 Å². The second kappa shape index (κ2) is 10.3. The minimum absolute atomic E-state index is 0.0194. The van der Waals surface area contributed by atoms with Gasteiger partial charge in [-0.05, 0) is 20.8 Å². The molecule has 2 amide bonds. The fraction of sp³-hybridized carbons (Fsp3) is 0.364. The van der Waals surface area contributed by atoms with Gasteiger partial charge in [-0.15, -0.1) is 11.8 Å². The molecule has 0 spiro atoms. The summed E-state index contributed by atoms with van der Waals surface area (Å²) in [5.74, 6) is -2.35. The van der Waals surface area contributed by atoms with Gasteiger partial charge in [0.2, 0.25) is 5.95 Å². The van der Waals surface area contributed by atoms with E-state index in [9.17, 15) is 19.5 Å². The van der Waals surface area contributed by atoms with Crippen LogP contribution in [0.25, 0.3) is 0 Å². The number of aromatic nitrogens is 4. The molecule has 4 heterocycles. The maximum absolute atomic E-state index is 13.0. The summed E-state index contributed by atoms with van der Waals surface area (Å²) in [4.78, 5) is 56.3. The summed E-state index contributed by atoms with van der Waals surface area (Å²) in [5.41, 5.74) is 7.53. The number of amides is 2. The zero-order valence-corrected chi connectivity index (χ0v) is 20.6. The summed E-state index contributed by atoms with van der Waals surface area (Å²) >= 11 is 1.35. The quantitative estimate of drug-likeness (QED) is 0.177. The van der Waals surface area contributed by atoms with E-state index in [1.807, 2.05) is 18.4 Å². The lowest BCUT2D eigenvalue weighted by Gasteiger charge is -2.50. The zero-order valence-electron chi connectivity index (χ0n) is 19.8. The molecule has 2 aromatic heterocycles. The second-order valence-electron chi connectivity index (χ2n) is 8.11. The summed E-state index contributed by atoms with van der Waals surface area (Å²) in [6.45, 7) is 5.85. The number of anilines is 1. The lowest BCUT2D eigenvalue weighted by molar-refractivity contribution is -0.690. The largest absolute Gasteiger partial charge is 0.543 e. The van der Waals surface area contributed by atoms with Gasteiger partial charge in [-0.3, -0.25) is 14.5 Å². The Labute approximate surface area is 210 Å². The van der Waals surface area contributed by atoms with Crippen molar-refractivity contribution < 1.29 is 28.9 Å². The van der Waals surface area contributed by atoms with Crippen LogP contribution >= 0.6 is 11.8 Å². The molecule has 13 nitrogen and oxygen atoms in total. The molecule has 2 aromatic rings. The zero-order chi connectivity index (χ0) is 26.0. The van der Waals surface area contributed by atoms with Gasteiger partial charge in [0.1, 0.15) is 29.4 Å². The van der Waals surface area contributed by atoms with E-state index < -0.39 is 29.2 Å². The number of β-lactam (4-membered cyclic amide) rings is 1. The van der Waals surface area contributed by atoms with Gasteiger partial charge in [-0.2, -0.15) is 4.57 Å². The highest BCUT2D eigenvalue weighted by atomic mass is 32.2. The smallest absolute Gasteiger partial charge is 0.274 e. The number of thioether (sulfide) groups is 1. The van der Waals surface area contributed by atoms with Gasteiger partial charge in [0.05, 0.1) is 11.7 Å². The van der Waals surface area contributed by atoms with E-state index in [0.29, 0.717) is 11.3 Å². The molecule has 2 atom stereocenters. The van der Waals surface area contributed by atoms with Crippen molar-refractivity contribution in [2.75, 3.05) is 18.1 Å². The van der Waals surface area contributed by atoms with Gasteiger partial charge < -0.3 is 25.8 Å². The van der Waals surface area contributed by atoms with Crippen LogP contribution < -0.4 is 20.7 Å². The minimum atomic E-state index is -1.45. The normalized spacial score (nSPS) is 19.5. The SMILES string of the molecule is CCON=C(C(=O)NC1C(=O)N2C(C(=O)[O-])=C(C[n+]3cc(C)nc(C)c3)CS[C@@H]12)c1cnc(N)nc1. The molecule has 1 saturated heterocycles. The lowest BCUT2D eigenvalue weighted by atomic mass is 10.0. The van der Waals surface area contributed by atoms with Gasteiger partial charge in [0.25, 0.3) is 11.8 Å². The number of carboxylic acid groups (broad SMARTS) is 1. The van der Waals surface area contributed by atoms with E-state index >= 15 is 0 Å². The molecule has 2 aliphatic rings. The molecule has 0 aromatic carbocycles. The van der Waals surface area contributed by atoms with Crippen molar-refractivity contribution in [1.29, 1.82) is 0 Å². The lowest BCUT2D eigenvalue weighted by Crippen LogP contribution is -2.71. The monoisotopic (exact) mass is 512 g/mol. The maximum Gasteiger partial charge on any atom is 0.274 e. The van der Waals surface area contributed by atoms with Crippen LogP contribution in [0.2, 0.25) is 0 Å². The molecular weight excluding hydrogens is 488 g/mol. The van der Waals surface area contributed by atoms with Crippen LogP contribution in [0.5, 0.6) is 0 Å². The summed E-state index contributed by atoms with van der Waals surface area (Å²) in [5, 5.41) is 17.9. The van der Waals surface area contributed by atoms with Crippen molar-refractivity contribution in [2.45, 2.75) is 38.7 Å². The number of rotatable bonds is 8. The Balaban J connectivity index is 1.55. The van der Waals surface area contributed by atoms with Gasteiger partial charge in [0.15, 0.2) is 24.7 Å². The first-order valence-electron chi connectivity index (χ1n) is 11.0. The average Bonchev–Trinajstić information content (AvgIpc) is 2.82. The third-order valence-electron chi connectivity index (χ3n) is 5.40. The van der Waals surface area contributed by atoms with Crippen LogP contribution in [0.4, 0.5) is 5.95 Å². The average molecular weight is 513 g/mol. The number of aryl methyl sites for hydroxylation is 2. The number of nitrogens with one attached hydrogen (secondary N) is 1. The number of hydrogen-bond acceptors (Lipinski definition) is 11. The Morgan fingerprint density at radius 1 is 1.31 bits per heavy atom. The number of fused-ring (bicyclic) bond motifs is 1. The predicted octanol–water partition coefficient (Wildman–Crippen LogP) is -1.80. The van der Waals surface area contributed by atoms with E-state index in [2.05, 4.69) is 25.4 Å². The molecule has 1 fully saturated rings. The Kier molecular flexibility index (Phi) is 7.15. The van der Waals surface area contributed by atoms with Gasteiger partial charge in [-0.25, -0.2) is 15.0 Å². The van der Waals surface area contributed by atoms with E-state index in [4.69, 9.17) is 10.6 Å². The Morgan fingerprint density at radius 3 is 2.58 bits per heavy atom. The number of aliphatic carboxylic acids is 1. The van der Waals surface area contributed by atoms with Crippen LogP contribution in [-0.2, 0) is 25.8 Å². The van der Waals surface area contributed by atoms with Crippen LogP contribution in [0.15, 0.2) is 41.2 Å². The first kappa shape index (κ1) is 25.0. The van der Waals surface area contributed by atoms with Crippen molar-refractivity contribution in [2.24, 2.45) is 5.16 Å². The fourth-order valence-electron chi connectivity index (χ4n) is 3.98. The maximum atomic E-state index is 13.0. The molecule has 0 bridgehead atoms. The fourth-order valence-corrected chi connectivity index (χ4v) is 5.32. The van der Waals surface area contributed by atoms with Crippen LogP contribution in [0.1, 0.15) is 23.9 Å². The van der Waals surface area contributed by atoms with Crippen LogP contribution in [0.3, 0.4) is 0 Å². The standard InChI is InChI=1S/C22H24N8O5S/c1-4-35-28-15(13-5-24-22(23)25-6-13)18(31)27-16-19(32)30-17(21(33)34)14(10-36-20(16)30)9-29-7-11(2)26-12(3)8-29/h5-8,16,20H,4,9-10H2,1-3H3,(H3-,23,24,25,27,28,31,33,34)/t16?,20-/m0/s1. The Morgan fingerprint density at radius 2 is 1.97 bits per heavy atom. The molecule has 2 aliphatic heterocycles. The van der Waals surface area contributed by atoms with Crippen molar-refractivity contribution in [3.63, 3.8) is 0 Å². The third-order valence-corrected chi connectivity index (χ3v) is 6.74.